The highest BCUT2D eigenvalue weighted by Gasteiger charge is 2.21. The van der Waals surface area contributed by atoms with E-state index in [2.05, 4.69) is 45.9 Å². The molecule has 0 aromatic heterocycles. The summed E-state index contributed by atoms with van der Waals surface area (Å²) >= 11 is 0. The first kappa shape index (κ1) is 19.5. The SMILES string of the molecule is CC(C)c1cccc(C(C)C)c1C1CCCCCCCCCCC1. The average Bonchev–Trinajstić information content (AvgIpc) is 2.54. The highest BCUT2D eigenvalue weighted by atomic mass is 14.3. The first-order valence-corrected chi connectivity index (χ1v) is 10.7. The Morgan fingerprint density at radius 3 is 1.38 bits per heavy atom. The topological polar surface area (TPSA) is 0 Å². The van der Waals surface area contributed by atoms with Gasteiger partial charge in [0.25, 0.3) is 0 Å². The van der Waals surface area contributed by atoms with Gasteiger partial charge in [-0.05, 0) is 47.3 Å². The van der Waals surface area contributed by atoms with Crippen LogP contribution in [0.5, 0.6) is 0 Å². The molecule has 0 bridgehead atoms. The lowest BCUT2D eigenvalue weighted by Crippen LogP contribution is -2.10. The zero-order valence-corrected chi connectivity index (χ0v) is 16.7. The van der Waals surface area contributed by atoms with Crippen molar-refractivity contribution >= 4 is 0 Å². The molecule has 0 heterocycles. The molecule has 0 radical (unpaired) electrons. The van der Waals surface area contributed by atoms with Crippen LogP contribution in [0.15, 0.2) is 18.2 Å². The molecule has 1 aromatic carbocycles. The molecular weight excluding hydrogens is 288 g/mol. The van der Waals surface area contributed by atoms with Crippen LogP contribution in [-0.4, -0.2) is 0 Å². The van der Waals surface area contributed by atoms with E-state index in [1.807, 2.05) is 0 Å². The predicted octanol–water partition coefficient (Wildman–Crippen LogP) is 8.32. The third-order valence-electron chi connectivity index (χ3n) is 5.93. The molecule has 0 heteroatoms. The highest BCUT2D eigenvalue weighted by Crippen LogP contribution is 2.39. The fraction of sp³-hybridized carbons (Fsp3) is 0.750. The molecule has 1 fully saturated rings. The van der Waals surface area contributed by atoms with Crippen LogP contribution in [-0.2, 0) is 0 Å². The molecule has 24 heavy (non-hydrogen) atoms. The summed E-state index contributed by atoms with van der Waals surface area (Å²) in [6.07, 6.45) is 15.8. The molecule has 1 aliphatic carbocycles. The van der Waals surface area contributed by atoms with Gasteiger partial charge in [0, 0.05) is 0 Å². The molecule has 0 unspecified atom stereocenters. The van der Waals surface area contributed by atoms with Crippen LogP contribution in [0.4, 0.5) is 0 Å². The van der Waals surface area contributed by atoms with Gasteiger partial charge in [-0.25, -0.2) is 0 Å². The van der Waals surface area contributed by atoms with Crippen LogP contribution < -0.4 is 0 Å². The molecule has 136 valence electrons. The van der Waals surface area contributed by atoms with Crippen molar-refractivity contribution in [3.63, 3.8) is 0 Å². The van der Waals surface area contributed by atoms with Gasteiger partial charge in [0.15, 0.2) is 0 Å². The first-order valence-electron chi connectivity index (χ1n) is 10.7. The number of hydrogen-bond acceptors (Lipinski definition) is 0. The molecule has 0 amide bonds. The minimum atomic E-state index is 0.639. The van der Waals surface area contributed by atoms with Gasteiger partial charge in [-0.3, -0.25) is 0 Å². The number of hydrogen-bond donors (Lipinski definition) is 0. The molecule has 0 spiro atoms. The van der Waals surface area contributed by atoms with Crippen molar-refractivity contribution < 1.29 is 0 Å². The largest absolute Gasteiger partial charge is 0.0617 e. The van der Waals surface area contributed by atoms with E-state index in [0.717, 1.165) is 5.92 Å². The third kappa shape index (κ3) is 5.64. The van der Waals surface area contributed by atoms with E-state index in [1.54, 1.807) is 16.7 Å². The first-order chi connectivity index (χ1) is 11.6. The highest BCUT2D eigenvalue weighted by molar-refractivity contribution is 5.41. The maximum atomic E-state index is 2.40. The lowest BCUT2D eigenvalue weighted by Gasteiger charge is -2.27. The van der Waals surface area contributed by atoms with E-state index in [9.17, 15) is 0 Å². The molecule has 1 aromatic rings. The summed E-state index contributed by atoms with van der Waals surface area (Å²) in [4.78, 5) is 0. The average molecular weight is 329 g/mol. The summed E-state index contributed by atoms with van der Waals surface area (Å²) in [5.41, 5.74) is 4.98. The summed E-state index contributed by atoms with van der Waals surface area (Å²) in [6, 6.07) is 7.10. The quantitative estimate of drug-likeness (QED) is 0.523. The summed E-state index contributed by atoms with van der Waals surface area (Å²) in [5, 5.41) is 0. The second kappa shape index (κ2) is 10.3. The van der Waals surface area contributed by atoms with Crippen LogP contribution in [0.1, 0.15) is 133 Å². The standard InChI is InChI=1S/C24H40/c1-19(2)22-17-14-18-23(20(3)4)24(22)21-15-12-10-8-6-5-7-9-11-13-16-21/h14,17-21H,5-13,15-16H2,1-4H3. The fourth-order valence-electron chi connectivity index (χ4n) is 4.53. The summed E-state index contributed by atoms with van der Waals surface area (Å²) in [7, 11) is 0. The van der Waals surface area contributed by atoms with E-state index in [1.165, 1.54) is 70.6 Å². The maximum Gasteiger partial charge on any atom is -0.0156 e. The van der Waals surface area contributed by atoms with Crippen LogP contribution in [0, 0.1) is 0 Å². The van der Waals surface area contributed by atoms with Gasteiger partial charge < -0.3 is 0 Å². The van der Waals surface area contributed by atoms with Gasteiger partial charge in [0.1, 0.15) is 0 Å². The Hall–Kier alpha value is -0.780. The van der Waals surface area contributed by atoms with Crippen LogP contribution in [0.2, 0.25) is 0 Å². The zero-order valence-electron chi connectivity index (χ0n) is 16.7. The van der Waals surface area contributed by atoms with Crippen LogP contribution >= 0.6 is 0 Å². The summed E-state index contributed by atoms with van der Waals surface area (Å²) in [6.45, 7) is 9.49. The Labute approximate surface area is 151 Å². The number of benzene rings is 1. The molecule has 1 aliphatic rings. The number of rotatable bonds is 3. The van der Waals surface area contributed by atoms with Crippen LogP contribution in [0.25, 0.3) is 0 Å². The minimum Gasteiger partial charge on any atom is -0.0617 e. The summed E-state index contributed by atoms with van der Waals surface area (Å²) < 4.78 is 0. The van der Waals surface area contributed by atoms with Gasteiger partial charge in [-0.2, -0.15) is 0 Å². The second-order valence-electron chi connectivity index (χ2n) is 8.62. The van der Waals surface area contributed by atoms with E-state index >= 15 is 0 Å². The smallest absolute Gasteiger partial charge is 0.0156 e. The Morgan fingerprint density at radius 1 is 0.625 bits per heavy atom. The van der Waals surface area contributed by atoms with Gasteiger partial charge >= 0.3 is 0 Å². The van der Waals surface area contributed by atoms with Crippen molar-refractivity contribution in [1.82, 2.24) is 0 Å². The van der Waals surface area contributed by atoms with Crippen molar-refractivity contribution in [2.24, 2.45) is 0 Å². The maximum absolute atomic E-state index is 2.40. The van der Waals surface area contributed by atoms with Gasteiger partial charge in [0.2, 0.25) is 0 Å². The van der Waals surface area contributed by atoms with E-state index in [0.29, 0.717) is 11.8 Å². The molecule has 0 nitrogen and oxygen atoms in total. The van der Waals surface area contributed by atoms with Gasteiger partial charge in [0.05, 0.1) is 0 Å². The molecule has 0 saturated heterocycles. The molecule has 0 atom stereocenters. The lowest BCUT2D eigenvalue weighted by molar-refractivity contribution is 0.462. The monoisotopic (exact) mass is 328 g/mol. The molecule has 0 N–H and O–H groups in total. The zero-order chi connectivity index (χ0) is 17.4. The molecular formula is C24H40. The minimum absolute atomic E-state index is 0.639. The molecule has 0 aliphatic heterocycles. The van der Waals surface area contributed by atoms with E-state index < -0.39 is 0 Å². The van der Waals surface area contributed by atoms with Gasteiger partial charge in [-0.15, -0.1) is 0 Å². The lowest BCUT2D eigenvalue weighted by atomic mass is 9.78. The van der Waals surface area contributed by atoms with Crippen LogP contribution in [0.3, 0.4) is 0 Å². The van der Waals surface area contributed by atoms with Crippen molar-refractivity contribution in [2.75, 3.05) is 0 Å². The summed E-state index contributed by atoms with van der Waals surface area (Å²) in [5.74, 6) is 2.07. The second-order valence-corrected chi connectivity index (χ2v) is 8.62. The van der Waals surface area contributed by atoms with Crippen molar-refractivity contribution in [3.05, 3.63) is 34.9 Å². The molecule has 1 saturated carbocycles. The van der Waals surface area contributed by atoms with Gasteiger partial charge in [-0.1, -0.05) is 104 Å². The Bertz CT molecular complexity index is 431. The van der Waals surface area contributed by atoms with Crippen molar-refractivity contribution in [1.29, 1.82) is 0 Å². The van der Waals surface area contributed by atoms with Crippen molar-refractivity contribution in [2.45, 2.75) is 116 Å². The molecule has 2 rings (SSSR count). The normalized spacial score (nSPS) is 19.2. The van der Waals surface area contributed by atoms with E-state index in [-0.39, 0.29) is 0 Å². The van der Waals surface area contributed by atoms with E-state index in [4.69, 9.17) is 0 Å². The predicted molar refractivity (Wildman–Crippen MR) is 108 cm³/mol. The van der Waals surface area contributed by atoms with Crippen molar-refractivity contribution in [3.8, 4) is 0 Å². The fourth-order valence-corrected chi connectivity index (χ4v) is 4.53. The Morgan fingerprint density at radius 2 is 1.00 bits per heavy atom. The Kier molecular flexibility index (Phi) is 8.36. The third-order valence-corrected chi connectivity index (χ3v) is 5.93. The Balaban J connectivity index is 2.26.